The fourth-order valence-electron chi connectivity index (χ4n) is 4.12. The molecule has 0 aliphatic carbocycles. The van der Waals surface area contributed by atoms with Gasteiger partial charge in [-0.2, -0.15) is 0 Å². The summed E-state index contributed by atoms with van der Waals surface area (Å²) < 4.78 is 5.90. The molecule has 0 aliphatic heterocycles. The Morgan fingerprint density at radius 1 is 1.00 bits per heavy atom. The zero-order chi connectivity index (χ0) is 23.8. The van der Waals surface area contributed by atoms with Crippen molar-refractivity contribution in [2.75, 3.05) is 5.32 Å². The third kappa shape index (κ3) is 3.77. The first-order valence-corrected chi connectivity index (χ1v) is 10.7. The summed E-state index contributed by atoms with van der Waals surface area (Å²) in [5, 5.41) is 24.6. The number of aryl methyl sites for hydroxylation is 1. The Morgan fingerprint density at radius 2 is 1.74 bits per heavy atom. The Balaban J connectivity index is 1.73. The van der Waals surface area contributed by atoms with Gasteiger partial charge in [-0.05, 0) is 24.6 Å². The van der Waals surface area contributed by atoms with Crippen LogP contribution in [0.5, 0.6) is 0 Å². The van der Waals surface area contributed by atoms with Gasteiger partial charge in [-0.25, -0.2) is 9.97 Å². The minimum atomic E-state index is -1.71. The predicted octanol–water partition coefficient (Wildman–Crippen LogP) is 2.74. The van der Waals surface area contributed by atoms with Gasteiger partial charge in [0.2, 0.25) is 0 Å². The Labute approximate surface area is 195 Å². The molecule has 0 bridgehead atoms. The highest BCUT2D eigenvalue weighted by molar-refractivity contribution is 6.61. The highest BCUT2D eigenvalue weighted by Gasteiger charge is 2.23. The maximum absolute atomic E-state index is 11.9. The van der Waals surface area contributed by atoms with Crippen LogP contribution in [0.25, 0.3) is 33.3 Å². The largest absolute Gasteiger partial charge is 0.490 e. The number of carbonyl (C=O) groups is 1. The van der Waals surface area contributed by atoms with Gasteiger partial charge in [-0.15, -0.1) is 0 Å². The number of anilines is 1. The van der Waals surface area contributed by atoms with Crippen LogP contribution in [0.1, 0.15) is 21.7 Å². The molecule has 8 nitrogen and oxygen atoms in total. The average molecular weight is 452 g/mol. The van der Waals surface area contributed by atoms with Gasteiger partial charge in [0.25, 0.3) is 5.91 Å². The third-order valence-electron chi connectivity index (χ3n) is 5.72. The second kappa shape index (κ2) is 8.62. The normalized spacial score (nSPS) is 11.1. The van der Waals surface area contributed by atoms with Gasteiger partial charge in [0.05, 0.1) is 16.6 Å². The van der Waals surface area contributed by atoms with Gasteiger partial charge in [-0.1, -0.05) is 54.6 Å². The predicted molar refractivity (Wildman–Crippen MR) is 132 cm³/mol. The SMILES string of the molecule is Cc1oc2c(C(N)=O)cccc2c1-c1nc(NCc2ccccc2)c2cccc(B(O)O)c2n1. The highest BCUT2D eigenvalue weighted by atomic mass is 16.4. The monoisotopic (exact) mass is 452 g/mol. The molecule has 2 aromatic heterocycles. The van der Waals surface area contributed by atoms with Crippen LogP contribution in [-0.2, 0) is 6.54 Å². The molecule has 0 spiro atoms. The molecule has 3 aromatic carbocycles. The fraction of sp³-hybridized carbons (Fsp3) is 0.0800. The van der Waals surface area contributed by atoms with E-state index in [1.165, 1.54) is 0 Å². The number of amides is 1. The first-order valence-electron chi connectivity index (χ1n) is 10.7. The van der Waals surface area contributed by atoms with E-state index < -0.39 is 13.0 Å². The minimum absolute atomic E-state index is 0.257. The number of primary amides is 1. The second-order valence-corrected chi connectivity index (χ2v) is 7.93. The van der Waals surface area contributed by atoms with Crippen LogP contribution in [0, 0.1) is 6.92 Å². The molecule has 0 aliphatic rings. The van der Waals surface area contributed by atoms with E-state index in [0.29, 0.717) is 51.4 Å². The number of para-hydroxylation sites is 2. The van der Waals surface area contributed by atoms with Gasteiger partial charge in [0.1, 0.15) is 17.2 Å². The molecule has 5 N–H and O–H groups in total. The summed E-state index contributed by atoms with van der Waals surface area (Å²) in [5.74, 6) is 0.778. The first-order chi connectivity index (χ1) is 16.4. The summed E-state index contributed by atoms with van der Waals surface area (Å²) in [4.78, 5) is 21.4. The van der Waals surface area contributed by atoms with E-state index in [1.54, 1.807) is 31.2 Å². The van der Waals surface area contributed by atoms with Crippen LogP contribution in [0.3, 0.4) is 0 Å². The molecule has 0 atom stereocenters. The molecule has 0 radical (unpaired) electrons. The van der Waals surface area contributed by atoms with Gasteiger partial charge in [-0.3, -0.25) is 4.79 Å². The molecular weight excluding hydrogens is 431 g/mol. The number of nitrogens with zero attached hydrogens (tertiary/aromatic N) is 2. The highest BCUT2D eigenvalue weighted by Crippen LogP contribution is 2.36. The lowest BCUT2D eigenvalue weighted by molar-refractivity contribution is 0.100. The Hall–Kier alpha value is -4.21. The summed E-state index contributed by atoms with van der Waals surface area (Å²) in [7, 11) is -1.71. The molecule has 2 heterocycles. The summed E-state index contributed by atoms with van der Waals surface area (Å²) in [6, 6.07) is 20.2. The van der Waals surface area contributed by atoms with Crippen LogP contribution in [0.2, 0.25) is 0 Å². The van der Waals surface area contributed by atoms with Gasteiger partial charge in [0.15, 0.2) is 5.82 Å². The van der Waals surface area contributed by atoms with Crippen LogP contribution in [0.4, 0.5) is 5.82 Å². The standard InChI is InChI=1S/C25H21BN4O4/c1-14-20(16-9-5-11-18(23(27)31)22(16)34-14)25-29-21-17(10-6-12-19(21)26(32)33)24(30-25)28-13-15-7-3-2-4-8-15/h2-12,32-33H,13H2,1H3,(H2,27,31)(H,28,29,30). The summed E-state index contributed by atoms with van der Waals surface area (Å²) in [5.41, 5.74) is 8.48. The van der Waals surface area contributed by atoms with Crippen molar-refractivity contribution in [3.05, 3.63) is 83.6 Å². The number of carbonyl (C=O) groups excluding carboxylic acids is 1. The molecule has 168 valence electrons. The molecule has 5 rings (SSSR count). The first kappa shape index (κ1) is 21.6. The number of furan rings is 1. The zero-order valence-electron chi connectivity index (χ0n) is 18.3. The topological polar surface area (TPSA) is 134 Å². The van der Waals surface area contributed by atoms with Crippen molar-refractivity contribution in [2.45, 2.75) is 13.5 Å². The van der Waals surface area contributed by atoms with E-state index in [4.69, 9.17) is 20.1 Å². The molecule has 0 fully saturated rings. The Bertz CT molecular complexity index is 1530. The van der Waals surface area contributed by atoms with Gasteiger partial charge in [0, 0.05) is 22.8 Å². The molecule has 9 heteroatoms. The summed E-state index contributed by atoms with van der Waals surface area (Å²) in [6.07, 6.45) is 0. The van der Waals surface area contributed by atoms with Crippen LogP contribution >= 0.6 is 0 Å². The van der Waals surface area contributed by atoms with Crippen molar-refractivity contribution in [2.24, 2.45) is 5.73 Å². The number of benzene rings is 3. The second-order valence-electron chi connectivity index (χ2n) is 7.93. The van der Waals surface area contributed by atoms with Crippen molar-refractivity contribution in [1.29, 1.82) is 0 Å². The smallest absolute Gasteiger partial charge is 0.460 e. The van der Waals surface area contributed by atoms with E-state index in [-0.39, 0.29) is 11.0 Å². The molecule has 34 heavy (non-hydrogen) atoms. The Morgan fingerprint density at radius 3 is 2.47 bits per heavy atom. The number of rotatable bonds is 6. The molecule has 5 aromatic rings. The Kier molecular flexibility index (Phi) is 5.49. The summed E-state index contributed by atoms with van der Waals surface area (Å²) >= 11 is 0. The van der Waals surface area contributed by atoms with Crippen LogP contribution in [0.15, 0.2) is 71.1 Å². The maximum atomic E-state index is 11.9. The average Bonchev–Trinajstić information content (AvgIpc) is 3.18. The van der Waals surface area contributed by atoms with E-state index >= 15 is 0 Å². The van der Waals surface area contributed by atoms with Crippen molar-refractivity contribution < 1.29 is 19.3 Å². The molecule has 0 unspecified atom stereocenters. The lowest BCUT2D eigenvalue weighted by Crippen LogP contribution is -2.31. The number of nitrogens with one attached hydrogen (secondary N) is 1. The quantitative estimate of drug-likeness (QED) is 0.291. The molecule has 0 saturated heterocycles. The van der Waals surface area contributed by atoms with Crippen molar-refractivity contribution >= 4 is 46.2 Å². The number of aromatic nitrogens is 2. The van der Waals surface area contributed by atoms with Crippen LogP contribution < -0.4 is 16.5 Å². The number of nitrogens with two attached hydrogens (primary N) is 1. The van der Waals surface area contributed by atoms with Crippen molar-refractivity contribution in [3.63, 3.8) is 0 Å². The van der Waals surface area contributed by atoms with E-state index in [9.17, 15) is 14.8 Å². The van der Waals surface area contributed by atoms with E-state index in [0.717, 1.165) is 5.56 Å². The van der Waals surface area contributed by atoms with Crippen molar-refractivity contribution in [1.82, 2.24) is 9.97 Å². The maximum Gasteiger partial charge on any atom is 0.490 e. The molecule has 0 saturated carbocycles. The number of hydrogen-bond acceptors (Lipinski definition) is 7. The third-order valence-corrected chi connectivity index (χ3v) is 5.72. The lowest BCUT2D eigenvalue weighted by Gasteiger charge is -2.13. The number of hydrogen-bond donors (Lipinski definition) is 4. The van der Waals surface area contributed by atoms with Gasteiger partial charge >= 0.3 is 7.12 Å². The fourth-order valence-corrected chi connectivity index (χ4v) is 4.12. The molecule has 1 amide bonds. The summed E-state index contributed by atoms with van der Waals surface area (Å²) in [6.45, 7) is 2.27. The number of fused-ring (bicyclic) bond motifs is 2. The van der Waals surface area contributed by atoms with Gasteiger partial charge < -0.3 is 25.5 Å². The van der Waals surface area contributed by atoms with Crippen molar-refractivity contribution in [3.8, 4) is 11.4 Å². The van der Waals surface area contributed by atoms with Crippen LogP contribution in [-0.4, -0.2) is 33.0 Å². The minimum Gasteiger partial charge on any atom is -0.460 e. The van der Waals surface area contributed by atoms with E-state index in [1.807, 2.05) is 42.5 Å². The van der Waals surface area contributed by atoms with E-state index in [2.05, 4.69) is 5.32 Å². The zero-order valence-corrected chi connectivity index (χ0v) is 18.3. The molecular formula is C25H21BN4O4. The lowest BCUT2D eigenvalue weighted by atomic mass is 9.79.